The highest BCUT2D eigenvalue weighted by Gasteiger charge is 2.47. The van der Waals surface area contributed by atoms with Gasteiger partial charge in [-0.1, -0.05) is 0 Å². The van der Waals surface area contributed by atoms with E-state index in [1.54, 1.807) is 32.0 Å². The van der Waals surface area contributed by atoms with Crippen LogP contribution in [0.25, 0.3) is 0 Å². The molecule has 3 N–H and O–H groups in total. The average Bonchev–Trinajstić information content (AvgIpc) is 3.03. The van der Waals surface area contributed by atoms with E-state index in [9.17, 15) is 18.4 Å². The van der Waals surface area contributed by atoms with Gasteiger partial charge in [-0.25, -0.2) is 9.99 Å². The third-order valence-electron chi connectivity index (χ3n) is 8.45. The highest BCUT2D eigenvalue weighted by molar-refractivity contribution is 6.02. The second kappa shape index (κ2) is 11.4. The number of hydrazine groups is 1. The summed E-state index contributed by atoms with van der Waals surface area (Å²) in [7, 11) is 2.78. The third-order valence-corrected chi connectivity index (χ3v) is 8.45. The number of hydrogen-bond acceptors (Lipinski definition) is 9. The van der Waals surface area contributed by atoms with Gasteiger partial charge in [0.2, 0.25) is 5.95 Å². The van der Waals surface area contributed by atoms with Crippen LogP contribution in [0.3, 0.4) is 0 Å². The van der Waals surface area contributed by atoms with E-state index in [0.29, 0.717) is 22.4 Å². The van der Waals surface area contributed by atoms with E-state index in [0.717, 1.165) is 43.9 Å². The molecule has 41 heavy (non-hydrogen) atoms. The van der Waals surface area contributed by atoms with Gasteiger partial charge in [-0.3, -0.25) is 15.0 Å². The number of hydrogen-bond donors (Lipinski definition) is 3. The molecule has 3 aliphatic rings. The summed E-state index contributed by atoms with van der Waals surface area (Å²) >= 11 is 0. The van der Waals surface area contributed by atoms with Crippen LogP contribution in [0, 0.1) is 5.41 Å². The lowest BCUT2D eigenvalue weighted by Crippen LogP contribution is -2.51. The van der Waals surface area contributed by atoms with Crippen molar-refractivity contribution in [2.45, 2.75) is 51.5 Å². The monoisotopic (exact) mass is 572 g/mol. The molecule has 1 aromatic heterocycles. The van der Waals surface area contributed by atoms with Crippen molar-refractivity contribution in [3.8, 4) is 5.75 Å². The van der Waals surface area contributed by atoms with Crippen LogP contribution in [0.2, 0.25) is 0 Å². The number of anilines is 4. The maximum Gasteiger partial charge on any atom is 0.342 e. The molecule has 5 rings (SSSR count). The molecular formula is C28H38F2N8O3. The topological polar surface area (TPSA) is 115 Å². The first-order chi connectivity index (χ1) is 19.5. The summed E-state index contributed by atoms with van der Waals surface area (Å²) in [5, 5.41) is 8.49. The van der Waals surface area contributed by atoms with Crippen LogP contribution in [0.1, 0.15) is 49.9 Å². The predicted molar refractivity (Wildman–Crippen MR) is 152 cm³/mol. The van der Waals surface area contributed by atoms with Gasteiger partial charge in [0, 0.05) is 31.7 Å². The molecule has 0 bridgehead atoms. The van der Waals surface area contributed by atoms with Crippen LogP contribution in [0.5, 0.6) is 5.75 Å². The summed E-state index contributed by atoms with van der Waals surface area (Å²) in [4.78, 5) is 36.5. The Balaban J connectivity index is 1.30. The first kappa shape index (κ1) is 28.9. The average molecular weight is 573 g/mol. The zero-order valence-electron chi connectivity index (χ0n) is 24.0. The van der Waals surface area contributed by atoms with E-state index >= 15 is 0 Å². The van der Waals surface area contributed by atoms with Gasteiger partial charge in [-0.05, 0) is 76.2 Å². The van der Waals surface area contributed by atoms with Crippen molar-refractivity contribution in [3.63, 3.8) is 0 Å². The number of nitrogens with one attached hydrogen (secondary N) is 3. The molecule has 1 spiro atoms. The summed E-state index contributed by atoms with van der Waals surface area (Å²) < 4.78 is 34.8. The molecule has 0 radical (unpaired) electrons. The molecule has 2 aromatic rings. The van der Waals surface area contributed by atoms with Crippen LogP contribution in [0.4, 0.5) is 31.9 Å². The summed E-state index contributed by atoms with van der Waals surface area (Å²) in [5.41, 5.74) is 4.53. The molecular weight excluding hydrogens is 534 g/mol. The molecule has 0 unspecified atom stereocenters. The van der Waals surface area contributed by atoms with Gasteiger partial charge in [-0.2, -0.15) is 13.8 Å². The molecule has 2 saturated heterocycles. The zero-order chi connectivity index (χ0) is 29.4. The van der Waals surface area contributed by atoms with Gasteiger partial charge in [-0.15, -0.1) is 0 Å². The molecule has 13 heteroatoms. The van der Waals surface area contributed by atoms with Crippen molar-refractivity contribution in [1.29, 1.82) is 0 Å². The lowest BCUT2D eigenvalue weighted by molar-refractivity contribution is -0.140. The zero-order valence-corrected chi connectivity index (χ0v) is 24.0. The summed E-state index contributed by atoms with van der Waals surface area (Å²) in [6.07, 6.45) is 5.85. The van der Waals surface area contributed by atoms with Crippen LogP contribution >= 0.6 is 0 Å². The lowest BCUT2D eigenvalue weighted by Gasteiger charge is -2.44. The third kappa shape index (κ3) is 5.91. The Labute approximate surface area is 238 Å². The first-order valence-electron chi connectivity index (χ1n) is 14.0. The van der Waals surface area contributed by atoms with E-state index in [-0.39, 0.29) is 29.4 Å². The number of halogens is 2. The molecule has 2 fully saturated rings. The molecule has 3 aliphatic heterocycles. The summed E-state index contributed by atoms with van der Waals surface area (Å²) in [6.45, 7) is 6.48. The van der Waals surface area contributed by atoms with Crippen molar-refractivity contribution in [2.24, 2.45) is 5.41 Å². The van der Waals surface area contributed by atoms with Crippen molar-refractivity contribution >= 4 is 35.0 Å². The maximum atomic E-state index is 14.6. The molecule has 0 saturated carbocycles. The molecule has 4 heterocycles. The number of methoxy groups -OCH3 is 1. The molecule has 2 amide bonds. The first-order valence-corrected chi connectivity index (χ1v) is 14.0. The number of benzene rings is 1. The smallest absolute Gasteiger partial charge is 0.342 e. The van der Waals surface area contributed by atoms with E-state index in [2.05, 4.69) is 26.0 Å². The fourth-order valence-electron chi connectivity index (χ4n) is 5.83. The van der Waals surface area contributed by atoms with Crippen molar-refractivity contribution < 1.29 is 23.1 Å². The lowest BCUT2D eigenvalue weighted by atomic mass is 9.72. The second-order valence-electron chi connectivity index (χ2n) is 11.4. The number of nitrogens with zero attached hydrogens (tertiary/aromatic N) is 5. The Bertz CT molecular complexity index is 1290. The standard InChI is InChI=1S/C28H38F2N8O3/c1-18(2)38-17-28(29,30)25(40)36(3)21-16-32-26(34-23(21)38)33-20-6-5-19(15-22(20)41-4)24(39)35-37-13-9-27(10-14-37)7-11-31-12-8-27/h5-6,15-16,18,31H,7-14,17H2,1-4H3,(H,35,39)(H,32,33,34). The minimum absolute atomic E-state index is 0.135. The van der Waals surface area contributed by atoms with Crippen LogP contribution in [-0.4, -0.2) is 85.6 Å². The van der Waals surface area contributed by atoms with Crippen molar-refractivity contribution in [1.82, 2.24) is 25.7 Å². The molecule has 0 aliphatic carbocycles. The van der Waals surface area contributed by atoms with Crippen LogP contribution in [0.15, 0.2) is 24.4 Å². The maximum absolute atomic E-state index is 14.6. The normalized spacial score (nSPS) is 20.5. The summed E-state index contributed by atoms with van der Waals surface area (Å²) in [5.74, 6) is -4.36. The van der Waals surface area contributed by atoms with Crippen LogP contribution in [-0.2, 0) is 4.79 Å². The van der Waals surface area contributed by atoms with Crippen molar-refractivity contribution in [3.05, 3.63) is 30.0 Å². The molecule has 0 atom stereocenters. The van der Waals surface area contributed by atoms with Gasteiger partial charge in [0.1, 0.15) is 11.4 Å². The van der Waals surface area contributed by atoms with E-state index in [4.69, 9.17) is 4.74 Å². The number of ether oxygens (including phenoxy) is 1. The minimum Gasteiger partial charge on any atom is -0.495 e. The van der Waals surface area contributed by atoms with E-state index in [1.165, 1.54) is 38.1 Å². The van der Waals surface area contributed by atoms with Crippen LogP contribution < -0.4 is 30.6 Å². The molecule has 1 aromatic carbocycles. The number of fused-ring (bicyclic) bond motifs is 1. The fraction of sp³-hybridized carbons (Fsp3) is 0.571. The largest absolute Gasteiger partial charge is 0.495 e. The van der Waals surface area contributed by atoms with E-state index < -0.39 is 18.4 Å². The predicted octanol–water partition coefficient (Wildman–Crippen LogP) is 3.17. The summed E-state index contributed by atoms with van der Waals surface area (Å²) in [6, 6.07) is 4.65. The fourth-order valence-corrected chi connectivity index (χ4v) is 5.83. The number of rotatable bonds is 6. The van der Waals surface area contributed by atoms with Gasteiger partial charge in [0.25, 0.3) is 11.8 Å². The van der Waals surface area contributed by atoms with Gasteiger partial charge in [0.05, 0.1) is 25.5 Å². The Morgan fingerprint density at radius 3 is 2.51 bits per heavy atom. The quantitative estimate of drug-likeness (QED) is 0.480. The van der Waals surface area contributed by atoms with Gasteiger partial charge >= 0.3 is 5.92 Å². The number of piperidine rings is 2. The number of carbonyl (C=O) groups is 2. The highest BCUT2D eigenvalue weighted by atomic mass is 19.3. The highest BCUT2D eigenvalue weighted by Crippen LogP contribution is 2.40. The van der Waals surface area contributed by atoms with Gasteiger partial charge < -0.3 is 25.2 Å². The number of carbonyl (C=O) groups excluding carboxylic acids is 2. The van der Waals surface area contributed by atoms with Crippen molar-refractivity contribution in [2.75, 3.05) is 62.0 Å². The second-order valence-corrected chi connectivity index (χ2v) is 11.4. The number of aromatic nitrogens is 2. The number of amides is 2. The molecule has 222 valence electrons. The Morgan fingerprint density at radius 2 is 1.85 bits per heavy atom. The van der Waals surface area contributed by atoms with E-state index in [1.807, 2.05) is 5.01 Å². The molecule has 11 nitrogen and oxygen atoms in total. The Kier molecular flexibility index (Phi) is 8.02. The Hall–Kier alpha value is -3.58. The number of alkyl halides is 2. The Morgan fingerprint density at radius 1 is 1.15 bits per heavy atom. The van der Waals surface area contributed by atoms with Gasteiger partial charge in [0.15, 0.2) is 5.82 Å². The SMILES string of the molecule is COc1cc(C(=O)NN2CCC3(CCNCC3)CC2)ccc1Nc1ncc2c(n1)N(C(C)C)CC(F)(F)C(=O)N2C. The minimum atomic E-state index is -3.57.